The summed E-state index contributed by atoms with van der Waals surface area (Å²) in [6.07, 6.45) is 2.06. The maximum absolute atomic E-state index is 13.2. The molecule has 5 rings (SSSR count). The van der Waals surface area contributed by atoms with Gasteiger partial charge in [-0.2, -0.15) is 0 Å². The number of aromatic nitrogens is 3. The van der Waals surface area contributed by atoms with Crippen molar-refractivity contribution in [2.45, 2.75) is 6.42 Å². The molecule has 0 radical (unpaired) electrons. The van der Waals surface area contributed by atoms with Gasteiger partial charge in [0.2, 0.25) is 0 Å². The third kappa shape index (κ3) is 3.55. The first-order valence-corrected chi connectivity index (χ1v) is 10.6. The Kier molecular flexibility index (Phi) is 4.91. The fourth-order valence-corrected chi connectivity index (χ4v) is 4.01. The summed E-state index contributed by atoms with van der Waals surface area (Å²) >= 11 is 3.39. The standard InChI is InChI=1S/C23H18BrN5O2/c24-15-8-10-16(11-9-15)26-23(31)28-14-12-19-20(18-7-4-13-25-21(18)28)27-29(22(19)30)17-5-2-1-3-6-17/h1-11,13,27H,12,14H2,(H,26,31). The zero-order valence-electron chi connectivity index (χ0n) is 16.4. The molecule has 31 heavy (non-hydrogen) atoms. The lowest BCUT2D eigenvalue weighted by Crippen LogP contribution is -2.37. The Labute approximate surface area is 186 Å². The Morgan fingerprint density at radius 1 is 1.03 bits per heavy atom. The minimum Gasteiger partial charge on any atom is -0.308 e. The minimum absolute atomic E-state index is 0.119. The van der Waals surface area contributed by atoms with E-state index in [0.29, 0.717) is 41.3 Å². The number of nitrogens with zero attached hydrogens (tertiary/aromatic N) is 3. The number of rotatable bonds is 2. The highest BCUT2D eigenvalue weighted by Crippen LogP contribution is 2.33. The van der Waals surface area contributed by atoms with Crippen molar-refractivity contribution in [2.75, 3.05) is 16.8 Å². The normalized spacial score (nSPS) is 12.6. The Balaban J connectivity index is 1.54. The fourth-order valence-electron chi connectivity index (χ4n) is 3.74. The van der Waals surface area contributed by atoms with E-state index in [9.17, 15) is 9.59 Å². The minimum atomic E-state index is -0.296. The van der Waals surface area contributed by atoms with Gasteiger partial charge < -0.3 is 5.32 Å². The summed E-state index contributed by atoms with van der Waals surface area (Å²) in [7, 11) is 0. The van der Waals surface area contributed by atoms with Gasteiger partial charge in [-0.05, 0) is 55.0 Å². The molecule has 0 saturated carbocycles. The van der Waals surface area contributed by atoms with Crippen LogP contribution in [0.3, 0.4) is 0 Å². The monoisotopic (exact) mass is 475 g/mol. The molecular formula is C23H18BrN5O2. The van der Waals surface area contributed by atoms with E-state index in [0.717, 1.165) is 10.2 Å². The van der Waals surface area contributed by atoms with E-state index in [4.69, 9.17) is 0 Å². The lowest BCUT2D eigenvalue weighted by Gasteiger charge is -2.22. The van der Waals surface area contributed by atoms with E-state index in [1.165, 1.54) is 0 Å². The summed E-state index contributed by atoms with van der Waals surface area (Å²) in [5, 5.41) is 6.14. The Morgan fingerprint density at radius 2 is 1.81 bits per heavy atom. The second kappa shape index (κ2) is 7.88. The van der Waals surface area contributed by atoms with Crippen LogP contribution >= 0.6 is 15.9 Å². The van der Waals surface area contributed by atoms with Crippen LogP contribution in [0.4, 0.5) is 16.3 Å². The summed E-state index contributed by atoms with van der Waals surface area (Å²) in [6.45, 7) is 0.335. The highest BCUT2D eigenvalue weighted by Gasteiger charge is 2.29. The number of para-hydroxylation sites is 1. The number of hydrogen-bond donors (Lipinski definition) is 2. The molecule has 8 heteroatoms. The number of H-pyrrole nitrogens is 1. The van der Waals surface area contributed by atoms with Gasteiger partial charge >= 0.3 is 6.03 Å². The van der Waals surface area contributed by atoms with Gasteiger partial charge in [0.1, 0.15) is 5.82 Å². The second-order valence-electron chi connectivity index (χ2n) is 7.15. The van der Waals surface area contributed by atoms with Crippen LogP contribution < -0.4 is 15.8 Å². The van der Waals surface area contributed by atoms with E-state index in [1.54, 1.807) is 21.8 Å². The molecule has 1 aliphatic rings. The van der Waals surface area contributed by atoms with Crippen LogP contribution in [0.15, 0.2) is 82.2 Å². The summed E-state index contributed by atoms with van der Waals surface area (Å²) in [5.41, 5.74) is 3.36. The zero-order valence-corrected chi connectivity index (χ0v) is 18.0. The van der Waals surface area contributed by atoms with Crippen LogP contribution in [0.5, 0.6) is 0 Å². The van der Waals surface area contributed by atoms with Crippen molar-refractivity contribution in [1.82, 2.24) is 14.8 Å². The number of nitrogens with one attached hydrogen (secondary N) is 2. The molecular weight excluding hydrogens is 458 g/mol. The van der Waals surface area contributed by atoms with Crippen molar-refractivity contribution in [2.24, 2.45) is 0 Å². The third-order valence-electron chi connectivity index (χ3n) is 5.24. The predicted molar refractivity (Wildman–Crippen MR) is 124 cm³/mol. The molecule has 0 atom stereocenters. The summed E-state index contributed by atoms with van der Waals surface area (Å²) in [5.74, 6) is 0.511. The molecule has 0 spiro atoms. The smallest absolute Gasteiger partial charge is 0.308 e. The number of halogens is 1. The van der Waals surface area contributed by atoms with Gasteiger partial charge in [-0.3, -0.25) is 14.8 Å². The van der Waals surface area contributed by atoms with Gasteiger partial charge in [0.15, 0.2) is 0 Å². The maximum Gasteiger partial charge on any atom is 0.327 e. The maximum atomic E-state index is 13.2. The highest BCUT2D eigenvalue weighted by molar-refractivity contribution is 9.10. The van der Waals surface area contributed by atoms with Crippen LogP contribution in [0.1, 0.15) is 5.56 Å². The van der Waals surface area contributed by atoms with Crippen molar-refractivity contribution >= 4 is 33.5 Å². The van der Waals surface area contributed by atoms with Crippen LogP contribution in [0, 0.1) is 0 Å². The average Bonchev–Trinajstić information content (AvgIpc) is 3.03. The number of fused-ring (bicyclic) bond motifs is 3. The number of pyridine rings is 1. The lowest BCUT2D eigenvalue weighted by molar-refractivity contribution is 0.257. The third-order valence-corrected chi connectivity index (χ3v) is 5.77. The molecule has 0 fully saturated rings. The number of anilines is 2. The van der Waals surface area contributed by atoms with Crippen LogP contribution in [-0.4, -0.2) is 27.3 Å². The number of urea groups is 1. The predicted octanol–water partition coefficient (Wildman–Crippen LogP) is 4.58. The topological polar surface area (TPSA) is 83.0 Å². The fraction of sp³-hybridized carbons (Fsp3) is 0.0870. The molecule has 1 aliphatic heterocycles. The van der Waals surface area contributed by atoms with E-state index < -0.39 is 0 Å². The average molecular weight is 476 g/mol. The van der Waals surface area contributed by atoms with Crippen molar-refractivity contribution in [1.29, 1.82) is 0 Å². The molecule has 154 valence electrons. The quantitative estimate of drug-likeness (QED) is 0.444. The molecule has 0 bridgehead atoms. The first kappa shape index (κ1) is 19.3. The Bertz CT molecular complexity index is 1310. The largest absolute Gasteiger partial charge is 0.327 e. The van der Waals surface area contributed by atoms with E-state index in [-0.39, 0.29) is 11.6 Å². The molecule has 0 aliphatic carbocycles. The van der Waals surface area contributed by atoms with Gasteiger partial charge in [0, 0.05) is 34.0 Å². The molecule has 0 saturated heterocycles. The Morgan fingerprint density at radius 3 is 2.58 bits per heavy atom. The van der Waals surface area contributed by atoms with E-state index >= 15 is 0 Å². The molecule has 2 N–H and O–H groups in total. The van der Waals surface area contributed by atoms with Gasteiger partial charge in [0.25, 0.3) is 5.56 Å². The number of benzene rings is 2. The molecule has 0 unspecified atom stereocenters. The summed E-state index contributed by atoms with van der Waals surface area (Å²) < 4.78 is 2.47. The number of carbonyl (C=O) groups is 1. The van der Waals surface area contributed by atoms with Crippen molar-refractivity contribution < 1.29 is 4.79 Å². The molecule has 4 aromatic rings. The first-order chi connectivity index (χ1) is 15.1. The number of hydrogen-bond acceptors (Lipinski definition) is 3. The molecule has 2 aromatic carbocycles. The second-order valence-corrected chi connectivity index (χ2v) is 8.07. The van der Waals surface area contributed by atoms with Crippen molar-refractivity contribution in [3.05, 3.63) is 93.3 Å². The van der Waals surface area contributed by atoms with Crippen LogP contribution in [-0.2, 0) is 6.42 Å². The van der Waals surface area contributed by atoms with E-state index in [1.807, 2.05) is 60.7 Å². The number of carbonyl (C=O) groups excluding carboxylic acids is 1. The summed E-state index contributed by atoms with van der Waals surface area (Å²) in [6, 6.07) is 20.2. The van der Waals surface area contributed by atoms with Crippen LogP contribution in [0.2, 0.25) is 0 Å². The van der Waals surface area contributed by atoms with E-state index in [2.05, 4.69) is 31.3 Å². The van der Waals surface area contributed by atoms with Crippen molar-refractivity contribution in [3.8, 4) is 16.9 Å². The number of aromatic amines is 1. The van der Waals surface area contributed by atoms with Crippen molar-refractivity contribution in [3.63, 3.8) is 0 Å². The highest BCUT2D eigenvalue weighted by atomic mass is 79.9. The number of amides is 2. The molecule has 2 aromatic heterocycles. The van der Waals surface area contributed by atoms with Crippen LogP contribution in [0.25, 0.3) is 16.9 Å². The zero-order chi connectivity index (χ0) is 21.4. The van der Waals surface area contributed by atoms with Gasteiger partial charge in [-0.25, -0.2) is 14.5 Å². The Hall–Kier alpha value is -3.65. The van der Waals surface area contributed by atoms with Gasteiger partial charge in [-0.15, -0.1) is 0 Å². The molecule has 7 nitrogen and oxygen atoms in total. The van der Waals surface area contributed by atoms with Gasteiger partial charge in [-0.1, -0.05) is 34.1 Å². The summed E-state index contributed by atoms with van der Waals surface area (Å²) in [4.78, 5) is 32.3. The SMILES string of the molecule is O=C(Nc1ccc(Br)cc1)N1CCc2c([nH]n(-c3ccccc3)c2=O)-c2cccnc21. The lowest BCUT2D eigenvalue weighted by atomic mass is 10.1. The first-order valence-electron chi connectivity index (χ1n) is 9.80. The van der Waals surface area contributed by atoms with Gasteiger partial charge in [0.05, 0.1) is 11.4 Å². The molecule has 2 amide bonds. The molecule has 3 heterocycles.